The molecule has 0 saturated carbocycles. The molecule has 4 heteroatoms. The molecule has 0 atom stereocenters. The van der Waals surface area contributed by atoms with Gasteiger partial charge in [0.15, 0.2) is 0 Å². The summed E-state index contributed by atoms with van der Waals surface area (Å²) >= 11 is 0. The molecule has 2 rings (SSSR count). The van der Waals surface area contributed by atoms with Gasteiger partial charge in [0.1, 0.15) is 0 Å². The maximum absolute atomic E-state index is 11.9. The van der Waals surface area contributed by atoms with Crippen LogP contribution in [0.4, 0.5) is 0 Å². The van der Waals surface area contributed by atoms with E-state index < -0.39 is 0 Å². The number of carbonyl (C=O) groups is 1. The van der Waals surface area contributed by atoms with Crippen LogP contribution < -0.4 is 0 Å². The second kappa shape index (κ2) is 6.70. The molecule has 2 aromatic rings. The van der Waals surface area contributed by atoms with Crippen LogP contribution in [0.2, 0.25) is 0 Å². The Kier molecular flexibility index (Phi) is 4.71. The number of hydrogen-bond acceptors (Lipinski definition) is 2. The summed E-state index contributed by atoms with van der Waals surface area (Å²) < 4.78 is 1.94. The molecule has 0 bridgehead atoms. The van der Waals surface area contributed by atoms with Gasteiger partial charge in [0, 0.05) is 37.2 Å². The second-order valence-corrected chi connectivity index (χ2v) is 4.41. The smallest absolute Gasteiger partial charge is 0.246 e. The minimum Gasteiger partial charge on any atom is -0.340 e. The van der Waals surface area contributed by atoms with Gasteiger partial charge in [-0.2, -0.15) is 0 Å². The molecule has 0 aliphatic carbocycles. The first kappa shape index (κ1) is 14.1. The maximum Gasteiger partial charge on any atom is 0.246 e. The third-order valence-corrected chi connectivity index (χ3v) is 3.19. The highest BCUT2D eigenvalue weighted by atomic mass is 16.2. The van der Waals surface area contributed by atoms with Gasteiger partial charge in [0.2, 0.25) is 5.91 Å². The second-order valence-electron chi connectivity index (χ2n) is 4.41. The lowest BCUT2D eigenvalue weighted by molar-refractivity contribution is -0.125. The van der Waals surface area contributed by atoms with Crippen LogP contribution >= 0.6 is 0 Å². The Morgan fingerprint density at radius 1 is 1.25 bits per heavy atom. The van der Waals surface area contributed by atoms with E-state index in [1.54, 1.807) is 23.5 Å². The van der Waals surface area contributed by atoms with Crippen LogP contribution in [0.15, 0.2) is 49.1 Å². The standard InChI is InChI=1S/C16H19N3O/c1-3-18(4-2)16(20)10-7-14-5-8-15(9-6-14)19-12-11-17-13-19/h5-13H,3-4H2,1-2H3. The molecule has 4 nitrogen and oxygen atoms in total. The summed E-state index contributed by atoms with van der Waals surface area (Å²) in [5.41, 5.74) is 2.06. The quantitative estimate of drug-likeness (QED) is 0.783. The minimum atomic E-state index is 0.0497. The molecule has 1 aromatic carbocycles. The van der Waals surface area contributed by atoms with Gasteiger partial charge in [0.25, 0.3) is 0 Å². The lowest BCUT2D eigenvalue weighted by atomic mass is 10.2. The van der Waals surface area contributed by atoms with Crippen molar-refractivity contribution in [3.05, 3.63) is 54.6 Å². The van der Waals surface area contributed by atoms with E-state index in [2.05, 4.69) is 4.98 Å². The Bertz CT molecular complexity index is 566. The molecular weight excluding hydrogens is 250 g/mol. The zero-order valence-corrected chi connectivity index (χ0v) is 11.9. The number of nitrogens with zero attached hydrogens (tertiary/aromatic N) is 3. The number of aromatic nitrogens is 2. The number of hydrogen-bond donors (Lipinski definition) is 0. The summed E-state index contributed by atoms with van der Waals surface area (Å²) in [5.74, 6) is 0.0497. The van der Waals surface area contributed by atoms with E-state index in [-0.39, 0.29) is 5.91 Å². The predicted molar refractivity (Wildman–Crippen MR) is 80.5 cm³/mol. The molecule has 1 heterocycles. The number of benzene rings is 1. The van der Waals surface area contributed by atoms with Crippen molar-refractivity contribution < 1.29 is 4.79 Å². The van der Waals surface area contributed by atoms with Crippen molar-refractivity contribution in [2.75, 3.05) is 13.1 Å². The van der Waals surface area contributed by atoms with E-state index in [9.17, 15) is 4.79 Å². The van der Waals surface area contributed by atoms with Gasteiger partial charge >= 0.3 is 0 Å². The van der Waals surface area contributed by atoms with Gasteiger partial charge in [-0.1, -0.05) is 12.1 Å². The zero-order chi connectivity index (χ0) is 14.4. The highest BCUT2D eigenvalue weighted by Crippen LogP contribution is 2.10. The van der Waals surface area contributed by atoms with Crippen molar-refractivity contribution >= 4 is 12.0 Å². The first-order chi connectivity index (χ1) is 9.74. The average Bonchev–Trinajstić information content (AvgIpc) is 3.01. The summed E-state index contributed by atoms with van der Waals surface area (Å²) in [5, 5.41) is 0. The summed E-state index contributed by atoms with van der Waals surface area (Å²) in [6, 6.07) is 7.98. The van der Waals surface area contributed by atoms with Gasteiger partial charge < -0.3 is 9.47 Å². The molecule has 0 aliphatic rings. The maximum atomic E-state index is 11.9. The molecule has 0 N–H and O–H groups in total. The van der Waals surface area contributed by atoms with Crippen LogP contribution in [-0.4, -0.2) is 33.4 Å². The van der Waals surface area contributed by atoms with Crippen molar-refractivity contribution in [3.63, 3.8) is 0 Å². The SMILES string of the molecule is CCN(CC)C(=O)C=Cc1ccc(-n2ccnc2)cc1. The van der Waals surface area contributed by atoms with Crippen molar-refractivity contribution in [2.45, 2.75) is 13.8 Å². The van der Waals surface area contributed by atoms with E-state index >= 15 is 0 Å². The van der Waals surface area contributed by atoms with Crippen LogP contribution in [0.25, 0.3) is 11.8 Å². The van der Waals surface area contributed by atoms with Crippen molar-refractivity contribution in [3.8, 4) is 5.69 Å². The topological polar surface area (TPSA) is 38.1 Å². The Labute approximate surface area is 119 Å². The summed E-state index contributed by atoms with van der Waals surface area (Å²) in [6.45, 7) is 5.43. The minimum absolute atomic E-state index is 0.0497. The summed E-state index contributed by atoms with van der Waals surface area (Å²) in [4.78, 5) is 17.7. The van der Waals surface area contributed by atoms with E-state index in [0.29, 0.717) is 0 Å². The molecule has 0 radical (unpaired) electrons. The number of amides is 1. The number of rotatable bonds is 5. The average molecular weight is 269 g/mol. The van der Waals surface area contributed by atoms with Crippen molar-refractivity contribution in [1.29, 1.82) is 0 Å². The predicted octanol–water partition coefficient (Wildman–Crippen LogP) is 2.75. The molecule has 0 fully saturated rings. The number of imidazole rings is 1. The molecule has 0 spiro atoms. The highest BCUT2D eigenvalue weighted by Gasteiger charge is 2.04. The lowest BCUT2D eigenvalue weighted by Gasteiger charge is -2.15. The van der Waals surface area contributed by atoms with Crippen molar-refractivity contribution in [1.82, 2.24) is 14.5 Å². The first-order valence-corrected chi connectivity index (χ1v) is 6.80. The Morgan fingerprint density at radius 3 is 2.50 bits per heavy atom. The van der Waals surface area contributed by atoms with E-state index in [4.69, 9.17) is 0 Å². The van der Waals surface area contributed by atoms with Gasteiger partial charge in [0.05, 0.1) is 6.33 Å². The van der Waals surface area contributed by atoms with Crippen LogP contribution in [0.1, 0.15) is 19.4 Å². The summed E-state index contributed by atoms with van der Waals surface area (Å²) in [7, 11) is 0. The zero-order valence-electron chi connectivity index (χ0n) is 11.9. The Morgan fingerprint density at radius 2 is 1.95 bits per heavy atom. The fourth-order valence-electron chi connectivity index (χ4n) is 1.98. The fraction of sp³-hybridized carbons (Fsp3) is 0.250. The van der Waals surface area contributed by atoms with Crippen LogP contribution in [0.5, 0.6) is 0 Å². The molecule has 104 valence electrons. The molecule has 0 aliphatic heterocycles. The highest BCUT2D eigenvalue weighted by molar-refractivity contribution is 5.91. The van der Waals surface area contributed by atoms with Crippen LogP contribution in [0, 0.1) is 0 Å². The number of likely N-dealkylation sites (N-methyl/N-ethyl adjacent to an activating group) is 1. The molecular formula is C16H19N3O. The molecule has 1 aromatic heterocycles. The van der Waals surface area contributed by atoms with Gasteiger partial charge in [-0.05, 0) is 37.6 Å². The summed E-state index contributed by atoms with van der Waals surface area (Å²) in [6.07, 6.45) is 8.87. The third-order valence-electron chi connectivity index (χ3n) is 3.19. The third kappa shape index (κ3) is 3.35. The normalized spacial score (nSPS) is 10.9. The molecule has 0 saturated heterocycles. The van der Waals surface area contributed by atoms with Gasteiger partial charge in [-0.25, -0.2) is 4.98 Å². The Hall–Kier alpha value is -2.36. The first-order valence-electron chi connectivity index (χ1n) is 6.80. The van der Waals surface area contributed by atoms with E-state index in [0.717, 1.165) is 24.3 Å². The lowest BCUT2D eigenvalue weighted by Crippen LogP contribution is -2.28. The largest absolute Gasteiger partial charge is 0.340 e. The molecule has 20 heavy (non-hydrogen) atoms. The van der Waals surface area contributed by atoms with Crippen molar-refractivity contribution in [2.24, 2.45) is 0 Å². The fourth-order valence-corrected chi connectivity index (χ4v) is 1.98. The van der Waals surface area contributed by atoms with E-state index in [1.807, 2.05) is 55.0 Å². The van der Waals surface area contributed by atoms with Crippen LogP contribution in [0.3, 0.4) is 0 Å². The number of carbonyl (C=O) groups excluding carboxylic acids is 1. The van der Waals surface area contributed by atoms with Crippen LogP contribution in [-0.2, 0) is 4.79 Å². The molecule has 0 unspecified atom stereocenters. The van der Waals surface area contributed by atoms with Gasteiger partial charge in [-0.15, -0.1) is 0 Å². The van der Waals surface area contributed by atoms with E-state index in [1.165, 1.54) is 0 Å². The Balaban J connectivity index is 2.06. The van der Waals surface area contributed by atoms with Gasteiger partial charge in [-0.3, -0.25) is 4.79 Å². The monoisotopic (exact) mass is 269 g/mol. The molecule has 1 amide bonds.